The number of hydrogen-bond acceptors (Lipinski definition) is 2. The molecule has 21 heavy (non-hydrogen) atoms. The summed E-state index contributed by atoms with van der Waals surface area (Å²) in [6.07, 6.45) is 4.72. The van der Waals surface area contributed by atoms with Gasteiger partial charge in [0.2, 0.25) is 5.91 Å². The number of amides is 1. The van der Waals surface area contributed by atoms with Crippen LogP contribution in [0.5, 0.6) is 0 Å². The Kier molecular flexibility index (Phi) is 5.80. The van der Waals surface area contributed by atoms with E-state index in [-0.39, 0.29) is 11.9 Å². The molecule has 0 saturated heterocycles. The van der Waals surface area contributed by atoms with E-state index in [0.29, 0.717) is 12.0 Å². The van der Waals surface area contributed by atoms with Crippen LogP contribution in [0.4, 0.5) is 0 Å². The number of benzene rings is 1. The normalized spacial score (nSPS) is 19.7. The highest BCUT2D eigenvalue weighted by Crippen LogP contribution is 2.28. The van der Waals surface area contributed by atoms with Crippen molar-refractivity contribution in [3.8, 4) is 0 Å². The SMILES string of the molecule is CC(C)CNC(=O)C(C)NC1CCCCc2ccccc21. The minimum absolute atomic E-state index is 0.102. The summed E-state index contributed by atoms with van der Waals surface area (Å²) in [4.78, 5) is 12.1. The van der Waals surface area contributed by atoms with Crippen LogP contribution in [-0.4, -0.2) is 18.5 Å². The summed E-state index contributed by atoms with van der Waals surface area (Å²) in [6.45, 7) is 6.93. The maximum atomic E-state index is 12.1. The molecule has 116 valence electrons. The number of aryl methyl sites for hydroxylation is 1. The lowest BCUT2D eigenvalue weighted by Gasteiger charge is -2.24. The molecule has 0 aromatic heterocycles. The largest absolute Gasteiger partial charge is 0.354 e. The molecule has 2 N–H and O–H groups in total. The molecular weight excluding hydrogens is 260 g/mol. The van der Waals surface area contributed by atoms with Gasteiger partial charge in [0, 0.05) is 12.6 Å². The van der Waals surface area contributed by atoms with E-state index in [4.69, 9.17) is 0 Å². The third-order valence-electron chi connectivity index (χ3n) is 4.15. The standard InChI is InChI=1S/C18H28N2O/c1-13(2)12-19-18(21)14(3)20-17-11-7-5-9-15-8-4-6-10-16(15)17/h4,6,8,10,13-14,17,20H,5,7,9,11-12H2,1-3H3,(H,19,21). The molecule has 1 aliphatic carbocycles. The lowest BCUT2D eigenvalue weighted by atomic mass is 9.98. The Morgan fingerprint density at radius 2 is 2.00 bits per heavy atom. The molecule has 2 rings (SSSR count). The van der Waals surface area contributed by atoms with Gasteiger partial charge in [-0.1, -0.05) is 44.5 Å². The maximum absolute atomic E-state index is 12.1. The zero-order valence-corrected chi connectivity index (χ0v) is 13.5. The van der Waals surface area contributed by atoms with E-state index in [1.807, 2.05) is 6.92 Å². The summed E-state index contributed by atoms with van der Waals surface area (Å²) in [5.41, 5.74) is 2.81. The van der Waals surface area contributed by atoms with Crippen LogP contribution >= 0.6 is 0 Å². The van der Waals surface area contributed by atoms with Crippen LogP contribution < -0.4 is 10.6 Å². The smallest absolute Gasteiger partial charge is 0.236 e. The van der Waals surface area contributed by atoms with Crippen LogP contribution in [0.15, 0.2) is 24.3 Å². The van der Waals surface area contributed by atoms with E-state index in [2.05, 4.69) is 48.7 Å². The number of rotatable bonds is 5. The van der Waals surface area contributed by atoms with Crippen molar-refractivity contribution in [3.05, 3.63) is 35.4 Å². The number of carbonyl (C=O) groups excluding carboxylic acids is 1. The highest BCUT2D eigenvalue weighted by Gasteiger charge is 2.22. The lowest BCUT2D eigenvalue weighted by molar-refractivity contribution is -0.123. The average Bonchev–Trinajstić information content (AvgIpc) is 2.67. The van der Waals surface area contributed by atoms with Crippen molar-refractivity contribution >= 4 is 5.91 Å². The van der Waals surface area contributed by atoms with Gasteiger partial charge in [-0.05, 0) is 43.2 Å². The third kappa shape index (κ3) is 4.57. The monoisotopic (exact) mass is 288 g/mol. The Morgan fingerprint density at radius 3 is 2.76 bits per heavy atom. The summed E-state index contributed by atoms with van der Waals surface area (Å²) < 4.78 is 0. The molecule has 0 fully saturated rings. The van der Waals surface area contributed by atoms with Gasteiger partial charge in [0.1, 0.15) is 0 Å². The Labute approximate surface area is 128 Å². The molecule has 0 aliphatic heterocycles. The van der Waals surface area contributed by atoms with Gasteiger partial charge < -0.3 is 5.32 Å². The Bertz CT molecular complexity index is 470. The topological polar surface area (TPSA) is 41.1 Å². The average molecular weight is 288 g/mol. The number of carbonyl (C=O) groups is 1. The van der Waals surface area contributed by atoms with E-state index in [1.54, 1.807) is 0 Å². The van der Waals surface area contributed by atoms with Crippen LogP contribution in [0.1, 0.15) is 57.2 Å². The molecule has 1 aromatic carbocycles. The van der Waals surface area contributed by atoms with Crippen molar-refractivity contribution in [2.45, 2.75) is 58.5 Å². The van der Waals surface area contributed by atoms with E-state index in [0.717, 1.165) is 19.4 Å². The van der Waals surface area contributed by atoms with Crippen molar-refractivity contribution in [2.24, 2.45) is 5.92 Å². The predicted octanol–water partition coefficient (Wildman–Crippen LogP) is 3.20. The molecule has 1 amide bonds. The molecule has 2 atom stereocenters. The maximum Gasteiger partial charge on any atom is 0.236 e. The van der Waals surface area contributed by atoms with E-state index >= 15 is 0 Å². The second kappa shape index (κ2) is 7.60. The van der Waals surface area contributed by atoms with E-state index in [9.17, 15) is 4.79 Å². The zero-order chi connectivity index (χ0) is 15.2. The van der Waals surface area contributed by atoms with Crippen molar-refractivity contribution in [1.82, 2.24) is 10.6 Å². The van der Waals surface area contributed by atoms with Crippen LogP contribution in [0.25, 0.3) is 0 Å². The van der Waals surface area contributed by atoms with Gasteiger partial charge in [-0.15, -0.1) is 0 Å². The second-order valence-corrected chi connectivity index (χ2v) is 6.52. The van der Waals surface area contributed by atoms with E-state index in [1.165, 1.54) is 24.0 Å². The third-order valence-corrected chi connectivity index (χ3v) is 4.15. The van der Waals surface area contributed by atoms with Gasteiger partial charge in [0.05, 0.1) is 6.04 Å². The predicted molar refractivity (Wildman–Crippen MR) is 87.2 cm³/mol. The van der Waals surface area contributed by atoms with Crippen LogP contribution in [0.2, 0.25) is 0 Å². The molecule has 2 unspecified atom stereocenters. The number of hydrogen-bond donors (Lipinski definition) is 2. The minimum atomic E-state index is -0.153. The van der Waals surface area contributed by atoms with Gasteiger partial charge in [-0.25, -0.2) is 0 Å². The molecule has 3 nitrogen and oxygen atoms in total. The minimum Gasteiger partial charge on any atom is -0.354 e. The molecule has 0 radical (unpaired) electrons. The van der Waals surface area contributed by atoms with Crippen LogP contribution in [-0.2, 0) is 11.2 Å². The van der Waals surface area contributed by atoms with Gasteiger partial charge in [0.25, 0.3) is 0 Å². The fraction of sp³-hybridized carbons (Fsp3) is 0.611. The quantitative estimate of drug-likeness (QED) is 0.817. The van der Waals surface area contributed by atoms with Crippen molar-refractivity contribution < 1.29 is 4.79 Å². The van der Waals surface area contributed by atoms with Gasteiger partial charge in [0.15, 0.2) is 0 Å². The number of nitrogens with one attached hydrogen (secondary N) is 2. The zero-order valence-electron chi connectivity index (χ0n) is 13.5. The molecule has 1 aliphatic rings. The molecule has 0 bridgehead atoms. The van der Waals surface area contributed by atoms with Gasteiger partial charge in [-0.2, -0.15) is 0 Å². The van der Waals surface area contributed by atoms with Gasteiger partial charge in [-0.3, -0.25) is 10.1 Å². The summed E-state index contributed by atoms with van der Waals surface area (Å²) in [5.74, 6) is 0.588. The van der Waals surface area contributed by atoms with Gasteiger partial charge >= 0.3 is 0 Å². The Morgan fingerprint density at radius 1 is 1.24 bits per heavy atom. The highest BCUT2D eigenvalue weighted by atomic mass is 16.2. The van der Waals surface area contributed by atoms with Crippen LogP contribution in [0.3, 0.4) is 0 Å². The molecular formula is C18H28N2O. The van der Waals surface area contributed by atoms with Crippen molar-refractivity contribution in [3.63, 3.8) is 0 Å². The second-order valence-electron chi connectivity index (χ2n) is 6.52. The molecule has 0 heterocycles. The Balaban J connectivity index is 2.00. The number of fused-ring (bicyclic) bond motifs is 1. The molecule has 1 aromatic rings. The first kappa shape index (κ1) is 16.0. The van der Waals surface area contributed by atoms with Crippen molar-refractivity contribution in [1.29, 1.82) is 0 Å². The first-order valence-corrected chi connectivity index (χ1v) is 8.19. The highest BCUT2D eigenvalue weighted by molar-refractivity contribution is 5.81. The molecule has 3 heteroatoms. The fourth-order valence-electron chi connectivity index (χ4n) is 2.93. The van der Waals surface area contributed by atoms with Crippen LogP contribution in [0, 0.1) is 5.92 Å². The molecule has 0 saturated carbocycles. The summed E-state index contributed by atoms with van der Waals surface area (Å²) >= 11 is 0. The summed E-state index contributed by atoms with van der Waals surface area (Å²) in [6, 6.07) is 8.78. The lowest BCUT2D eigenvalue weighted by Crippen LogP contribution is -2.44. The molecule has 0 spiro atoms. The first-order chi connectivity index (χ1) is 10.1. The Hall–Kier alpha value is -1.35. The summed E-state index contributed by atoms with van der Waals surface area (Å²) in [5, 5.41) is 6.54. The van der Waals surface area contributed by atoms with E-state index < -0.39 is 0 Å². The first-order valence-electron chi connectivity index (χ1n) is 8.19. The summed E-state index contributed by atoms with van der Waals surface area (Å²) in [7, 11) is 0. The van der Waals surface area contributed by atoms with Crippen molar-refractivity contribution in [2.75, 3.05) is 6.54 Å². The fourth-order valence-corrected chi connectivity index (χ4v) is 2.93.